The molecule has 6 rings (SSSR count). The minimum atomic E-state index is -1.34. The SMILES string of the molecule is Cc1c(Cl)ccc2c1NC(=O)[C@@]21[C@@H]2C(=O)N(c3ccc(Cl)c([N+](=O)[O-])c3)C(=O)[C@@H]2[C@@H]2CCCN21. The van der Waals surface area contributed by atoms with E-state index in [4.69, 9.17) is 23.2 Å². The van der Waals surface area contributed by atoms with Crippen molar-refractivity contribution in [2.45, 2.75) is 31.3 Å². The zero-order valence-corrected chi connectivity index (χ0v) is 19.4. The largest absolute Gasteiger partial charge is 0.324 e. The van der Waals surface area contributed by atoms with Crippen LogP contribution in [0.3, 0.4) is 0 Å². The number of anilines is 2. The van der Waals surface area contributed by atoms with Crippen molar-refractivity contribution in [3.05, 3.63) is 61.6 Å². The Morgan fingerprint density at radius 2 is 1.85 bits per heavy atom. The molecule has 34 heavy (non-hydrogen) atoms. The van der Waals surface area contributed by atoms with Gasteiger partial charge in [-0.2, -0.15) is 0 Å². The van der Waals surface area contributed by atoms with Crippen molar-refractivity contribution < 1.29 is 19.3 Å². The fourth-order valence-corrected chi connectivity index (χ4v) is 6.77. The van der Waals surface area contributed by atoms with E-state index in [0.717, 1.165) is 17.4 Å². The number of carbonyl (C=O) groups excluding carboxylic acids is 3. The quantitative estimate of drug-likeness (QED) is 0.382. The summed E-state index contributed by atoms with van der Waals surface area (Å²) in [6, 6.07) is 7.01. The van der Waals surface area contributed by atoms with Gasteiger partial charge in [0.15, 0.2) is 0 Å². The second kappa shape index (κ2) is 7.00. The van der Waals surface area contributed by atoms with Crippen LogP contribution in [-0.2, 0) is 19.9 Å². The van der Waals surface area contributed by atoms with Crippen molar-refractivity contribution >= 4 is 58.0 Å². The predicted molar refractivity (Wildman–Crippen MR) is 124 cm³/mol. The van der Waals surface area contributed by atoms with Gasteiger partial charge >= 0.3 is 0 Å². The molecule has 1 N–H and O–H groups in total. The first-order valence-electron chi connectivity index (χ1n) is 10.9. The Kier molecular flexibility index (Phi) is 4.43. The zero-order valence-electron chi connectivity index (χ0n) is 17.9. The third-order valence-corrected chi connectivity index (χ3v) is 8.48. The predicted octanol–water partition coefficient (Wildman–Crippen LogP) is 3.64. The van der Waals surface area contributed by atoms with Crippen LogP contribution in [0.4, 0.5) is 17.1 Å². The van der Waals surface area contributed by atoms with E-state index in [-0.39, 0.29) is 22.7 Å². The van der Waals surface area contributed by atoms with Gasteiger partial charge < -0.3 is 5.32 Å². The van der Waals surface area contributed by atoms with Crippen LogP contribution in [0.5, 0.6) is 0 Å². The highest BCUT2D eigenvalue weighted by Crippen LogP contribution is 2.61. The van der Waals surface area contributed by atoms with Crippen LogP contribution in [0.1, 0.15) is 24.0 Å². The highest BCUT2D eigenvalue weighted by Gasteiger charge is 2.74. The molecule has 0 radical (unpaired) electrons. The number of nitrogens with zero attached hydrogens (tertiary/aromatic N) is 3. The van der Waals surface area contributed by atoms with Crippen LogP contribution in [0.2, 0.25) is 10.0 Å². The van der Waals surface area contributed by atoms with Crippen molar-refractivity contribution in [3.63, 3.8) is 0 Å². The summed E-state index contributed by atoms with van der Waals surface area (Å²) in [7, 11) is 0. The third-order valence-electron chi connectivity index (χ3n) is 7.75. The molecule has 0 aromatic heterocycles. The third kappa shape index (κ3) is 2.41. The normalized spacial score (nSPS) is 29.6. The number of benzene rings is 2. The molecule has 0 unspecified atom stereocenters. The summed E-state index contributed by atoms with van der Waals surface area (Å²) < 4.78 is 0. The molecule has 4 atom stereocenters. The Hall–Kier alpha value is -3.01. The van der Waals surface area contributed by atoms with Crippen molar-refractivity contribution in [1.29, 1.82) is 0 Å². The second-order valence-electron chi connectivity index (χ2n) is 9.13. The van der Waals surface area contributed by atoms with E-state index in [2.05, 4.69) is 5.32 Å². The first-order chi connectivity index (χ1) is 16.2. The van der Waals surface area contributed by atoms with Gasteiger partial charge in [0, 0.05) is 22.7 Å². The van der Waals surface area contributed by atoms with E-state index in [1.807, 2.05) is 4.90 Å². The summed E-state index contributed by atoms with van der Waals surface area (Å²) in [5.41, 5.74) is 0.254. The Labute approximate surface area is 203 Å². The van der Waals surface area contributed by atoms with Crippen LogP contribution in [0, 0.1) is 28.9 Å². The molecule has 4 aliphatic heterocycles. The van der Waals surface area contributed by atoms with E-state index in [9.17, 15) is 24.5 Å². The number of fused-ring (bicyclic) bond motifs is 7. The molecule has 2 aromatic rings. The molecule has 11 heteroatoms. The maximum Gasteiger partial charge on any atom is 0.289 e. The van der Waals surface area contributed by atoms with Crippen LogP contribution in [0.25, 0.3) is 0 Å². The number of imide groups is 1. The molecule has 0 saturated carbocycles. The van der Waals surface area contributed by atoms with Crippen molar-refractivity contribution in [2.24, 2.45) is 11.8 Å². The molecular formula is C23H18Cl2N4O5. The maximum absolute atomic E-state index is 13.9. The number of hydrogen-bond acceptors (Lipinski definition) is 6. The fourth-order valence-electron chi connectivity index (χ4n) is 6.43. The molecule has 0 aliphatic carbocycles. The summed E-state index contributed by atoms with van der Waals surface area (Å²) >= 11 is 12.2. The van der Waals surface area contributed by atoms with E-state index < -0.39 is 39.8 Å². The molecule has 1 spiro atoms. The second-order valence-corrected chi connectivity index (χ2v) is 9.94. The monoisotopic (exact) mass is 500 g/mol. The molecule has 9 nitrogen and oxygen atoms in total. The smallest absolute Gasteiger partial charge is 0.289 e. The fraction of sp³-hybridized carbons (Fsp3) is 0.348. The van der Waals surface area contributed by atoms with Crippen LogP contribution >= 0.6 is 23.2 Å². The van der Waals surface area contributed by atoms with Crippen molar-refractivity contribution in [1.82, 2.24) is 4.90 Å². The Bertz CT molecular complexity index is 1350. The molecule has 3 fully saturated rings. The Morgan fingerprint density at radius 3 is 2.59 bits per heavy atom. The minimum Gasteiger partial charge on any atom is -0.324 e. The van der Waals surface area contributed by atoms with Gasteiger partial charge in [-0.3, -0.25) is 29.4 Å². The number of rotatable bonds is 2. The molecule has 174 valence electrons. The summed E-state index contributed by atoms with van der Waals surface area (Å²) in [6.45, 7) is 2.38. The molecule has 4 heterocycles. The lowest BCUT2D eigenvalue weighted by Crippen LogP contribution is -2.54. The Balaban J connectivity index is 1.54. The molecular weight excluding hydrogens is 483 g/mol. The molecule has 4 aliphatic rings. The lowest BCUT2D eigenvalue weighted by atomic mass is 9.75. The van der Waals surface area contributed by atoms with Gasteiger partial charge in [0.05, 0.1) is 28.1 Å². The van der Waals surface area contributed by atoms with E-state index in [0.29, 0.717) is 34.8 Å². The lowest BCUT2D eigenvalue weighted by Gasteiger charge is -2.36. The Morgan fingerprint density at radius 1 is 1.12 bits per heavy atom. The first-order valence-corrected chi connectivity index (χ1v) is 11.6. The van der Waals surface area contributed by atoms with Gasteiger partial charge in [0.25, 0.3) is 5.69 Å². The lowest BCUT2D eigenvalue weighted by molar-refractivity contribution is -0.384. The summed E-state index contributed by atoms with van der Waals surface area (Å²) in [4.78, 5) is 55.1. The van der Waals surface area contributed by atoms with Crippen molar-refractivity contribution in [3.8, 4) is 0 Å². The zero-order chi connectivity index (χ0) is 24.1. The van der Waals surface area contributed by atoms with Crippen molar-refractivity contribution in [2.75, 3.05) is 16.8 Å². The maximum atomic E-state index is 13.9. The number of halogens is 2. The number of carbonyl (C=O) groups is 3. The molecule has 0 bridgehead atoms. The minimum absolute atomic E-state index is 0.0751. The van der Waals surface area contributed by atoms with E-state index >= 15 is 0 Å². The standard InChI is InChI=1S/C23H18Cl2N4O5/c1-10-13(24)7-5-12-19(10)26-22(32)23(12)18-17(15-3-2-8-27(15)23)20(30)28(21(18)31)11-4-6-14(25)16(9-11)29(33)34/h4-7,9,15,17-18H,2-3,8H2,1H3,(H,26,32)/t15-,17+,18-,23-/m0/s1. The number of nitrogens with one attached hydrogen (secondary N) is 1. The first kappa shape index (κ1) is 21.5. The van der Waals surface area contributed by atoms with Gasteiger partial charge in [-0.1, -0.05) is 29.3 Å². The molecule has 3 saturated heterocycles. The van der Waals surface area contributed by atoms with Gasteiger partial charge in [-0.05, 0) is 50.1 Å². The number of amides is 3. The highest BCUT2D eigenvalue weighted by molar-refractivity contribution is 6.33. The van der Waals surface area contributed by atoms with Gasteiger partial charge in [-0.25, -0.2) is 4.90 Å². The summed E-state index contributed by atoms with van der Waals surface area (Å²) in [5, 5.41) is 14.7. The number of nitro groups is 1. The van der Waals surface area contributed by atoms with Crippen LogP contribution in [-0.4, -0.2) is 40.1 Å². The topological polar surface area (TPSA) is 113 Å². The molecule has 2 aromatic carbocycles. The highest BCUT2D eigenvalue weighted by atomic mass is 35.5. The van der Waals surface area contributed by atoms with E-state index in [1.54, 1.807) is 19.1 Å². The number of nitro benzene ring substituents is 1. The van der Waals surface area contributed by atoms with Crippen LogP contribution in [0.15, 0.2) is 30.3 Å². The molecule has 3 amide bonds. The summed E-state index contributed by atoms with van der Waals surface area (Å²) in [6.07, 6.45) is 1.46. The average molecular weight is 501 g/mol. The van der Waals surface area contributed by atoms with Crippen LogP contribution < -0.4 is 10.2 Å². The average Bonchev–Trinajstić information content (AvgIpc) is 3.50. The van der Waals surface area contributed by atoms with Gasteiger partial charge in [-0.15, -0.1) is 0 Å². The van der Waals surface area contributed by atoms with E-state index in [1.165, 1.54) is 12.1 Å². The van der Waals surface area contributed by atoms with Gasteiger partial charge in [0.1, 0.15) is 10.6 Å². The summed E-state index contributed by atoms with van der Waals surface area (Å²) in [5.74, 6) is -3.04. The van der Waals surface area contributed by atoms with Gasteiger partial charge in [0.2, 0.25) is 17.7 Å². The number of hydrogen-bond donors (Lipinski definition) is 1.